The first-order valence-corrected chi connectivity index (χ1v) is 12.7. The summed E-state index contributed by atoms with van der Waals surface area (Å²) in [5.41, 5.74) is 3.82. The lowest BCUT2D eigenvalue weighted by Gasteiger charge is -2.34. The van der Waals surface area contributed by atoms with Gasteiger partial charge in [-0.05, 0) is 73.5 Å². The molecule has 0 unspecified atom stereocenters. The van der Waals surface area contributed by atoms with E-state index in [9.17, 15) is 9.59 Å². The summed E-state index contributed by atoms with van der Waals surface area (Å²) in [4.78, 5) is 30.3. The maximum absolute atomic E-state index is 13.8. The van der Waals surface area contributed by atoms with Crippen LogP contribution in [-0.4, -0.2) is 22.4 Å². The van der Waals surface area contributed by atoms with E-state index >= 15 is 0 Å². The normalized spacial score (nSPS) is 15.2. The molecule has 0 spiro atoms. The number of anilines is 1. The lowest BCUT2D eigenvalue weighted by Crippen LogP contribution is -2.48. The SMILES string of the molecule is Cc1ccc(N(C(=O)Cc2cccs2)[C@@H](C(=O)NC2CCCCC2)c2cccn2C)cc1C. The van der Waals surface area contributed by atoms with Crippen LogP contribution < -0.4 is 10.2 Å². The summed E-state index contributed by atoms with van der Waals surface area (Å²) < 4.78 is 1.94. The first-order chi connectivity index (χ1) is 15.9. The highest BCUT2D eigenvalue weighted by Crippen LogP contribution is 2.31. The molecule has 174 valence electrons. The molecule has 6 heteroatoms. The summed E-state index contributed by atoms with van der Waals surface area (Å²) in [5.74, 6) is -0.188. The number of benzene rings is 1. The van der Waals surface area contributed by atoms with Gasteiger partial charge >= 0.3 is 0 Å². The zero-order valence-corrected chi connectivity index (χ0v) is 20.5. The van der Waals surface area contributed by atoms with Gasteiger partial charge in [-0.2, -0.15) is 0 Å². The first-order valence-electron chi connectivity index (χ1n) is 11.8. The Kier molecular flexibility index (Phi) is 7.33. The van der Waals surface area contributed by atoms with Gasteiger partial charge in [-0.25, -0.2) is 0 Å². The third-order valence-electron chi connectivity index (χ3n) is 6.67. The van der Waals surface area contributed by atoms with E-state index in [-0.39, 0.29) is 24.3 Å². The molecule has 3 aromatic rings. The van der Waals surface area contributed by atoms with Crippen LogP contribution in [0.2, 0.25) is 0 Å². The smallest absolute Gasteiger partial charge is 0.249 e. The number of nitrogens with one attached hydrogen (secondary N) is 1. The molecule has 33 heavy (non-hydrogen) atoms. The van der Waals surface area contributed by atoms with Crippen LogP contribution in [-0.2, 0) is 23.1 Å². The van der Waals surface area contributed by atoms with E-state index in [4.69, 9.17) is 0 Å². The number of nitrogens with zero attached hydrogens (tertiary/aromatic N) is 2. The van der Waals surface area contributed by atoms with Gasteiger partial charge in [0.2, 0.25) is 11.8 Å². The van der Waals surface area contributed by atoms with Crippen molar-refractivity contribution in [3.63, 3.8) is 0 Å². The number of carbonyl (C=O) groups is 2. The molecular formula is C27H33N3O2S. The van der Waals surface area contributed by atoms with E-state index in [0.29, 0.717) is 0 Å². The Balaban J connectivity index is 1.75. The van der Waals surface area contributed by atoms with Gasteiger partial charge in [-0.3, -0.25) is 14.5 Å². The lowest BCUT2D eigenvalue weighted by atomic mass is 9.95. The minimum absolute atomic E-state index is 0.0781. The van der Waals surface area contributed by atoms with Gasteiger partial charge in [-0.15, -0.1) is 11.3 Å². The van der Waals surface area contributed by atoms with Crippen molar-refractivity contribution in [2.24, 2.45) is 7.05 Å². The molecule has 5 nitrogen and oxygen atoms in total. The Labute approximate surface area is 200 Å². The zero-order valence-electron chi connectivity index (χ0n) is 19.7. The highest BCUT2D eigenvalue weighted by atomic mass is 32.1. The van der Waals surface area contributed by atoms with Gasteiger partial charge in [0.05, 0.1) is 12.1 Å². The van der Waals surface area contributed by atoms with Crippen LogP contribution in [0.5, 0.6) is 0 Å². The average Bonchev–Trinajstić information content (AvgIpc) is 3.46. The van der Waals surface area contributed by atoms with Crippen molar-refractivity contribution in [2.75, 3.05) is 4.90 Å². The number of hydrogen-bond acceptors (Lipinski definition) is 3. The highest BCUT2D eigenvalue weighted by molar-refractivity contribution is 7.10. The molecular weight excluding hydrogens is 430 g/mol. The first kappa shape index (κ1) is 23.3. The third kappa shape index (κ3) is 5.38. The summed E-state index contributed by atoms with van der Waals surface area (Å²) >= 11 is 1.57. The van der Waals surface area contributed by atoms with Crippen molar-refractivity contribution in [2.45, 2.75) is 64.5 Å². The average molecular weight is 464 g/mol. The van der Waals surface area contributed by atoms with Crippen LogP contribution in [0.4, 0.5) is 5.69 Å². The summed E-state index contributed by atoms with van der Waals surface area (Å²) in [6.07, 6.45) is 7.69. The minimum atomic E-state index is -0.735. The monoisotopic (exact) mass is 463 g/mol. The third-order valence-corrected chi connectivity index (χ3v) is 7.54. The standard InChI is InChI=1S/C27H33N3O2S/c1-19-13-14-22(17-20(19)2)30(25(31)18-23-11-8-16-33-23)26(24-12-7-15-29(24)3)27(32)28-21-9-5-4-6-10-21/h7-8,11-17,21,26H,4-6,9-10,18H2,1-3H3,(H,28,32)/t26-/m1/s1. The predicted molar refractivity (Wildman–Crippen MR) is 135 cm³/mol. The maximum atomic E-state index is 13.8. The second-order valence-electron chi connectivity index (χ2n) is 9.08. The minimum Gasteiger partial charge on any atom is -0.352 e. The predicted octanol–water partition coefficient (Wildman–Crippen LogP) is 5.47. The van der Waals surface area contributed by atoms with Crippen LogP contribution in [0.3, 0.4) is 0 Å². The van der Waals surface area contributed by atoms with Gasteiger partial charge in [0.1, 0.15) is 0 Å². The second-order valence-corrected chi connectivity index (χ2v) is 10.1. The van der Waals surface area contributed by atoms with Crippen molar-refractivity contribution in [1.29, 1.82) is 0 Å². The number of carbonyl (C=O) groups excluding carboxylic acids is 2. The fraction of sp³-hybridized carbons (Fsp3) is 0.407. The number of amides is 2. The fourth-order valence-corrected chi connectivity index (χ4v) is 5.33. The molecule has 2 heterocycles. The Bertz CT molecular complexity index is 1100. The molecule has 1 fully saturated rings. The van der Waals surface area contributed by atoms with E-state index in [1.165, 1.54) is 6.42 Å². The Morgan fingerprint density at radius 1 is 1.09 bits per heavy atom. The van der Waals surface area contributed by atoms with Crippen LogP contribution in [0.15, 0.2) is 54.0 Å². The van der Waals surface area contributed by atoms with Crippen molar-refractivity contribution in [3.8, 4) is 0 Å². The summed E-state index contributed by atoms with van der Waals surface area (Å²) in [5, 5.41) is 5.26. The molecule has 1 aliphatic carbocycles. The van der Waals surface area contributed by atoms with E-state index in [1.54, 1.807) is 16.2 Å². The molecule has 0 aliphatic heterocycles. The number of rotatable bonds is 7. The van der Waals surface area contributed by atoms with E-state index < -0.39 is 6.04 Å². The summed E-state index contributed by atoms with van der Waals surface area (Å²) in [6.45, 7) is 4.10. The molecule has 0 saturated heterocycles. The van der Waals surface area contributed by atoms with Crippen LogP contribution in [0.25, 0.3) is 0 Å². The van der Waals surface area contributed by atoms with Crippen molar-refractivity contribution >= 4 is 28.8 Å². The van der Waals surface area contributed by atoms with Crippen LogP contribution in [0, 0.1) is 13.8 Å². The largest absolute Gasteiger partial charge is 0.352 e. The second kappa shape index (κ2) is 10.4. The summed E-state index contributed by atoms with van der Waals surface area (Å²) in [7, 11) is 1.93. The van der Waals surface area contributed by atoms with Crippen LogP contribution in [0.1, 0.15) is 59.8 Å². The molecule has 2 aromatic heterocycles. The van der Waals surface area contributed by atoms with Gasteiger partial charge in [-0.1, -0.05) is 31.4 Å². The number of thiophene rings is 1. The molecule has 0 bridgehead atoms. The quantitative estimate of drug-likeness (QED) is 0.505. The van der Waals surface area contributed by atoms with Crippen molar-refractivity contribution in [1.82, 2.24) is 9.88 Å². The topological polar surface area (TPSA) is 54.3 Å². The molecule has 1 N–H and O–H groups in total. The number of aryl methyl sites for hydroxylation is 3. The maximum Gasteiger partial charge on any atom is 0.249 e. The van der Waals surface area contributed by atoms with Gasteiger partial charge in [0, 0.05) is 29.9 Å². The Morgan fingerprint density at radius 3 is 2.52 bits per heavy atom. The zero-order chi connectivity index (χ0) is 23.4. The van der Waals surface area contributed by atoms with E-state index in [2.05, 4.69) is 12.2 Å². The molecule has 4 rings (SSSR count). The Morgan fingerprint density at radius 2 is 1.88 bits per heavy atom. The molecule has 1 aliphatic rings. The molecule has 0 radical (unpaired) electrons. The van der Waals surface area contributed by atoms with Crippen molar-refractivity contribution < 1.29 is 9.59 Å². The lowest BCUT2D eigenvalue weighted by molar-refractivity contribution is -0.127. The number of aromatic nitrogens is 1. The van der Waals surface area contributed by atoms with E-state index in [0.717, 1.165) is 53.1 Å². The molecule has 1 aromatic carbocycles. The molecule has 2 amide bonds. The van der Waals surface area contributed by atoms with Gasteiger partial charge in [0.15, 0.2) is 6.04 Å². The molecule has 1 saturated carbocycles. The summed E-state index contributed by atoms with van der Waals surface area (Å²) in [6, 6.07) is 13.2. The Hall–Kier alpha value is -2.86. The van der Waals surface area contributed by atoms with Gasteiger partial charge < -0.3 is 9.88 Å². The molecule has 1 atom stereocenters. The van der Waals surface area contributed by atoms with Crippen molar-refractivity contribution in [3.05, 3.63) is 75.7 Å². The number of hydrogen-bond donors (Lipinski definition) is 1. The van der Waals surface area contributed by atoms with Gasteiger partial charge in [0.25, 0.3) is 0 Å². The highest BCUT2D eigenvalue weighted by Gasteiger charge is 2.35. The fourth-order valence-electron chi connectivity index (χ4n) is 4.63. The van der Waals surface area contributed by atoms with E-state index in [1.807, 2.05) is 72.6 Å². The van der Waals surface area contributed by atoms with Crippen LogP contribution >= 0.6 is 11.3 Å².